The molecular weight excluding hydrogens is 193 g/mol. The van der Waals surface area contributed by atoms with Crippen LogP contribution in [0.5, 0.6) is 0 Å². The van der Waals surface area contributed by atoms with Gasteiger partial charge in [-0.25, -0.2) is 12.8 Å². The van der Waals surface area contributed by atoms with E-state index in [-0.39, 0.29) is 23.8 Å². The van der Waals surface area contributed by atoms with Crippen LogP contribution in [0.3, 0.4) is 0 Å². The Morgan fingerprint density at radius 2 is 1.92 bits per heavy atom. The Morgan fingerprint density at radius 3 is 2.54 bits per heavy atom. The summed E-state index contributed by atoms with van der Waals surface area (Å²) in [5, 5.41) is 0. The summed E-state index contributed by atoms with van der Waals surface area (Å²) in [6.45, 7) is 0.436. The van der Waals surface area contributed by atoms with Gasteiger partial charge in [0.15, 0.2) is 0 Å². The second-order valence-corrected chi connectivity index (χ2v) is 5.89. The Kier molecular flexibility index (Phi) is 3.67. The summed E-state index contributed by atoms with van der Waals surface area (Å²) < 4.78 is 35.7. The summed E-state index contributed by atoms with van der Waals surface area (Å²) in [7, 11) is -2.98. The summed E-state index contributed by atoms with van der Waals surface area (Å²) in [4.78, 5) is 0. The zero-order chi connectivity index (χ0) is 9.90. The average molecular weight is 209 g/mol. The average Bonchev–Trinajstić information content (AvgIpc) is 2.18. The molecule has 0 aromatic carbocycles. The Balaban J connectivity index is 2.59. The molecule has 0 aromatic rings. The predicted octanol–water partition coefficient (Wildman–Crippen LogP) is 0.498. The number of halogens is 1. The lowest BCUT2D eigenvalue weighted by atomic mass is 9.95. The normalized spacial score (nSPS) is 34.0. The topological polar surface area (TPSA) is 60.2 Å². The molecule has 1 aliphatic rings. The minimum atomic E-state index is -2.98. The molecule has 0 radical (unpaired) electrons. The predicted molar refractivity (Wildman–Crippen MR) is 49.9 cm³/mol. The minimum Gasteiger partial charge on any atom is -0.330 e. The van der Waals surface area contributed by atoms with Crippen molar-refractivity contribution in [1.82, 2.24) is 0 Å². The van der Waals surface area contributed by atoms with E-state index in [0.717, 1.165) is 0 Å². The minimum absolute atomic E-state index is 0.00472. The maximum absolute atomic E-state index is 13.3. The first-order chi connectivity index (χ1) is 6.05. The van der Waals surface area contributed by atoms with Crippen LogP contribution in [0, 0.1) is 5.92 Å². The summed E-state index contributed by atoms with van der Waals surface area (Å²) in [5.74, 6) is -0.0323. The lowest BCUT2D eigenvalue weighted by Gasteiger charge is -2.15. The van der Waals surface area contributed by atoms with E-state index in [1.165, 1.54) is 0 Å². The van der Waals surface area contributed by atoms with Crippen LogP contribution in [0.15, 0.2) is 0 Å². The smallest absolute Gasteiger partial charge is 0.150 e. The Hall–Kier alpha value is -0.160. The molecule has 2 atom stereocenters. The zero-order valence-electron chi connectivity index (χ0n) is 7.58. The highest BCUT2D eigenvalue weighted by Crippen LogP contribution is 2.24. The van der Waals surface area contributed by atoms with Crippen molar-refractivity contribution in [3.05, 3.63) is 0 Å². The first-order valence-corrected chi connectivity index (χ1v) is 6.42. The molecule has 0 spiro atoms. The molecule has 1 saturated heterocycles. The summed E-state index contributed by atoms with van der Waals surface area (Å²) in [5.41, 5.74) is 5.32. The Morgan fingerprint density at radius 1 is 1.31 bits per heavy atom. The standard InChI is InChI=1S/C8H16FNO2S/c9-8-3-6-13(11,12)5-2-7(8)1-4-10/h7-8H,1-6,10H2. The van der Waals surface area contributed by atoms with Gasteiger partial charge in [-0.15, -0.1) is 0 Å². The second-order valence-electron chi connectivity index (χ2n) is 3.58. The Bertz CT molecular complexity index is 253. The van der Waals surface area contributed by atoms with Crippen molar-refractivity contribution in [2.75, 3.05) is 18.1 Å². The van der Waals surface area contributed by atoms with Crippen LogP contribution in [0.4, 0.5) is 4.39 Å². The van der Waals surface area contributed by atoms with Crippen molar-refractivity contribution >= 4 is 9.84 Å². The maximum atomic E-state index is 13.3. The lowest BCUT2D eigenvalue weighted by molar-refractivity contribution is 0.213. The molecular formula is C8H16FNO2S. The summed E-state index contributed by atoms with van der Waals surface area (Å²) in [6.07, 6.45) is 0.186. The van der Waals surface area contributed by atoms with Crippen LogP contribution >= 0.6 is 0 Å². The molecule has 1 fully saturated rings. The summed E-state index contributed by atoms with van der Waals surface area (Å²) >= 11 is 0. The van der Waals surface area contributed by atoms with Crippen molar-refractivity contribution in [2.24, 2.45) is 11.7 Å². The van der Waals surface area contributed by atoms with Gasteiger partial charge in [0.1, 0.15) is 16.0 Å². The van der Waals surface area contributed by atoms with Crippen molar-refractivity contribution in [3.63, 3.8) is 0 Å². The van der Waals surface area contributed by atoms with E-state index < -0.39 is 16.0 Å². The monoisotopic (exact) mass is 209 g/mol. The fourth-order valence-electron chi connectivity index (χ4n) is 1.68. The van der Waals surface area contributed by atoms with Gasteiger partial charge in [-0.1, -0.05) is 0 Å². The van der Waals surface area contributed by atoms with Crippen molar-refractivity contribution < 1.29 is 12.8 Å². The first kappa shape index (κ1) is 10.9. The van der Waals surface area contributed by atoms with Gasteiger partial charge in [-0.05, 0) is 31.7 Å². The molecule has 0 saturated carbocycles. The molecule has 13 heavy (non-hydrogen) atoms. The van der Waals surface area contributed by atoms with Gasteiger partial charge in [0.2, 0.25) is 0 Å². The van der Waals surface area contributed by atoms with Crippen molar-refractivity contribution in [3.8, 4) is 0 Å². The molecule has 0 bridgehead atoms. The molecule has 78 valence electrons. The number of rotatable bonds is 2. The first-order valence-electron chi connectivity index (χ1n) is 4.60. The van der Waals surface area contributed by atoms with E-state index in [1.54, 1.807) is 0 Å². The fraction of sp³-hybridized carbons (Fsp3) is 1.00. The van der Waals surface area contributed by atoms with Gasteiger partial charge in [0.05, 0.1) is 11.5 Å². The van der Waals surface area contributed by atoms with E-state index in [2.05, 4.69) is 0 Å². The van der Waals surface area contributed by atoms with E-state index in [4.69, 9.17) is 5.73 Å². The Labute approximate surface area is 78.4 Å². The van der Waals surface area contributed by atoms with Crippen LogP contribution in [-0.2, 0) is 9.84 Å². The van der Waals surface area contributed by atoms with E-state index in [9.17, 15) is 12.8 Å². The number of hydrogen-bond acceptors (Lipinski definition) is 3. The quantitative estimate of drug-likeness (QED) is 0.720. The molecule has 5 heteroatoms. The molecule has 2 unspecified atom stereocenters. The molecule has 1 heterocycles. The maximum Gasteiger partial charge on any atom is 0.150 e. The van der Waals surface area contributed by atoms with Gasteiger partial charge >= 0.3 is 0 Å². The molecule has 1 aliphatic heterocycles. The third-order valence-electron chi connectivity index (χ3n) is 2.55. The number of alkyl halides is 1. The molecule has 1 rings (SSSR count). The largest absolute Gasteiger partial charge is 0.330 e. The van der Waals surface area contributed by atoms with Crippen LogP contribution < -0.4 is 5.73 Å². The third kappa shape index (κ3) is 3.23. The molecule has 0 aliphatic carbocycles. The SMILES string of the molecule is NCCC1CCS(=O)(=O)CCC1F. The molecule has 3 nitrogen and oxygen atoms in total. The van der Waals surface area contributed by atoms with Crippen LogP contribution in [0.2, 0.25) is 0 Å². The number of hydrogen-bond donors (Lipinski definition) is 1. The third-order valence-corrected chi connectivity index (χ3v) is 4.27. The number of sulfone groups is 1. The van der Waals surface area contributed by atoms with Gasteiger partial charge in [-0.3, -0.25) is 0 Å². The highest BCUT2D eigenvalue weighted by molar-refractivity contribution is 7.91. The van der Waals surface area contributed by atoms with E-state index in [1.807, 2.05) is 0 Å². The lowest BCUT2D eigenvalue weighted by Crippen LogP contribution is -2.19. The molecule has 0 amide bonds. The number of nitrogens with two attached hydrogens (primary N) is 1. The highest BCUT2D eigenvalue weighted by atomic mass is 32.2. The summed E-state index contributed by atoms with van der Waals surface area (Å²) in [6, 6.07) is 0. The second kappa shape index (κ2) is 4.37. The zero-order valence-corrected chi connectivity index (χ0v) is 8.39. The van der Waals surface area contributed by atoms with Crippen LogP contribution in [-0.4, -0.2) is 32.6 Å². The van der Waals surface area contributed by atoms with E-state index >= 15 is 0 Å². The van der Waals surface area contributed by atoms with Gasteiger partial charge in [-0.2, -0.15) is 0 Å². The van der Waals surface area contributed by atoms with Crippen molar-refractivity contribution in [2.45, 2.75) is 25.4 Å². The van der Waals surface area contributed by atoms with Gasteiger partial charge in [0, 0.05) is 0 Å². The molecule has 0 aromatic heterocycles. The highest BCUT2D eigenvalue weighted by Gasteiger charge is 2.28. The van der Waals surface area contributed by atoms with E-state index in [0.29, 0.717) is 19.4 Å². The molecule has 2 N–H and O–H groups in total. The van der Waals surface area contributed by atoms with Crippen molar-refractivity contribution in [1.29, 1.82) is 0 Å². The van der Waals surface area contributed by atoms with Gasteiger partial charge in [0.25, 0.3) is 0 Å². The fourth-order valence-corrected chi connectivity index (χ4v) is 3.13. The van der Waals surface area contributed by atoms with Crippen LogP contribution in [0.1, 0.15) is 19.3 Å². The van der Waals surface area contributed by atoms with Crippen LogP contribution in [0.25, 0.3) is 0 Å². The van der Waals surface area contributed by atoms with Gasteiger partial charge < -0.3 is 5.73 Å².